The zero-order valence-electron chi connectivity index (χ0n) is 11.2. The molecule has 0 heterocycles. The molecule has 0 fully saturated rings. The van der Waals surface area contributed by atoms with Crippen LogP contribution in [0, 0.1) is 0 Å². The predicted octanol–water partition coefficient (Wildman–Crippen LogP) is 2.93. The van der Waals surface area contributed by atoms with Crippen LogP contribution in [0.3, 0.4) is 0 Å². The summed E-state index contributed by atoms with van der Waals surface area (Å²) in [6.45, 7) is 13.5. The summed E-state index contributed by atoms with van der Waals surface area (Å²) in [7, 11) is -3.58. The average molecular weight is 268 g/mol. The molecule has 0 bridgehead atoms. The monoisotopic (exact) mass is 268 g/mol. The Morgan fingerprint density at radius 1 is 1.00 bits per heavy atom. The fourth-order valence-electron chi connectivity index (χ4n) is 1.47. The minimum Gasteiger partial charge on any atom is -0.346 e. The van der Waals surface area contributed by atoms with Gasteiger partial charge in [0.2, 0.25) is 13.5 Å². The van der Waals surface area contributed by atoms with Crippen LogP contribution in [0.1, 0.15) is 20.8 Å². The van der Waals surface area contributed by atoms with Crippen molar-refractivity contribution in [3.63, 3.8) is 0 Å². The van der Waals surface area contributed by atoms with Gasteiger partial charge in [0.25, 0.3) is 0 Å². The second-order valence-corrected chi connectivity index (χ2v) is 11.4. The Balaban J connectivity index is 5.07. The second kappa shape index (κ2) is 7.04. The molecule has 1 unspecified atom stereocenters. The lowest BCUT2D eigenvalue weighted by molar-refractivity contribution is -0.131. The van der Waals surface area contributed by atoms with Gasteiger partial charge < -0.3 is 18.9 Å². The Bertz CT molecular complexity index is 190. The molecule has 0 saturated heterocycles. The number of hydrogen-bond acceptors (Lipinski definition) is 4. The van der Waals surface area contributed by atoms with Gasteiger partial charge in [-0.2, -0.15) is 0 Å². The molecular weight excluding hydrogens is 243 g/mol. The van der Waals surface area contributed by atoms with Crippen LogP contribution in [0.5, 0.6) is 0 Å². The van der Waals surface area contributed by atoms with Gasteiger partial charge in [0.1, 0.15) is 8.07 Å². The van der Waals surface area contributed by atoms with E-state index in [0.29, 0.717) is 19.8 Å². The van der Waals surface area contributed by atoms with Crippen LogP contribution in [-0.2, 0) is 14.0 Å². The van der Waals surface area contributed by atoms with E-state index >= 15 is 0 Å². The molecule has 0 aromatic heterocycles. The lowest BCUT2D eigenvalue weighted by Gasteiger charge is -2.43. The molecule has 0 aliphatic heterocycles. The third kappa shape index (κ3) is 3.76. The summed E-state index contributed by atoms with van der Waals surface area (Å²) in [6.07, 6.45) is 0. The highest BCUT2D eigenvalue weighted by molar-refractivity contribution is 7.51. The van der Waals surface area contributed by atoms with Crippen molar-refractivity contribution in [3.05, 3.63) is 0 Å². The maximum absolute atomic E-state index is 10.2. The first kappa shape index (κ1) is 16.5. The highest BCUT2D eigenvalue weighted by atomic mass is 31.2. The van der Waals surface area contributed by atoms with Crippen molar-refractivity contribution in [2.75, 3.05) is 19.8 Å². The van der Waals surface area contributed by atoms with Gasteiger partial charge in [-0.05, 0) is 20.8 Å². The molecule has 0 spiro atoms. The highest BCUT2D eigenvalue weighted by Gasteiger charge is 2.53. The molecule has 16 heavy (non-hydrogen) atoms. The van der Waals surface area contributed by atoms with Gasteiger partial charge in [-0.25, -0.2) is 0 Å². The number of hydrogen-bond donors (Lipinski definition) is 1. The first-order chi connectivity index (χ1) is 7.35. The minimum absolute atomic E-state index is 0.467. The Morgan fingerprint density at radius 2 is 1.44 bits per heavy atom. The molecule has 4 nitrogen and oxygen atoms in total. The second-order valence-electron chi connectivity index (χ2n) is 4.39. The molecule has 0 aromatic carbocycles. The number of ether oxygens (including phenoxy) is 2. The summed E-state index contributed by atoms with van der Waals surface area (Å²) in [5, 5.41) is -0.915. The zero-order valence-corrected chi connectivity index (χ0v) is 13.1. The van der Waals surface area contributed by atoms with E-state index in [-0.39, 0.29) is 0 Å². The van der Waals surface area contributed by atoms with Crippen molar-refractivity contribution in [1.82, 2.24) is 0 Å². The summed E-state index contributed by atoms with van der Waals surface area (Å²) < 4.78 is 16.8. The largest absolute Gasteiger partial charge is 0.346 e. The molecule has 0 amide bonds. The van der Waals surface area contributed by atoms with E-state index in [9.17, 15) is 4.89 Å². The predicted molar refractivity (Wildman–Crippen MR) is 70.1 cm³/mol. The van der Waals surface area contributed by atoms with Gasteiger partial charge in [-0.3, -0.25) is 0 Å². The highest BCUT2D eigenvalue weighted by Crippen LogP contribution is 2.53. The van der Waals surface area contributed by atoms with E-state index in [2.05, 4.69) is 19.6 Å². The SMILES string of the molecule is CCOP(O)C(OCC)(OCC)[Si](C)(C)C. The van der Waals surface area contributed by atoms with Crippen LogP contribution in [0.4, 0.5) is 0 Å². The van der Waals surface area contributed by atoms with Crippen LogP contribution < -0.4 is 0 Å². The van der Waals surface area contributed by atoms with E-state index in [1.165, 1.54) is 0 Å². The van der Waals surface area contributed by atoms with E-state index < -0.39 is 21.6 Å². The van der Waals surface area contributed by atoms with Gasteiger partial charge in [0.15, 0.2) is 0 Å². The van der Waals surface area contributed by atoms with Crippen LogP contribution in [0.15, 0.2) is 0 Å². The molecule has 0 saturated carbocycles. The quantitative estimate of drug-likeness (QED) is 0.418. The topological polar surface area (TPSA) is 47.9 Å². The Labute approximate surface area is 101 Å². The maximum atomic E-state index is 10.2. The lowest BCUT2D eigenvalue weighted by atomic mass is 10.8. The molecule has 0 aromatic rings. The third-order valence-electron chi connectivity index (χ3n) is 2.13. The summed E-state index contributed by atoms with van der Waals surface area (Å²) in [5.41, 5.74) is 0. The fourth-order valence-corrected chi connectivity index (χ4v) is 6.01. The van der Waals surface area contributed by atoms with Crippen molar-refractivity contribution >= 4 is 16.4 Å². The van der Waals surface area contributed by atoms with Gasteiger partial charge in [0.05, 0.1) is 6.61 Å². The summed E-state index contributed by atoms with van der Waals surface area (Å²) in [6, 6.07) is 0. The normalized spacial score (nSPS) is 15.2. The molecule has 0 aliphatic carbocycles. The standard InChI is InChI=1S/C10H25O4PSi/c1-7-12-10(13-8-2,16(4,5)6)15(11)14-9-3/h11H,7-9H2,1-6H3. The van der Waals surface area contributed by atoms with Crippen molar-refractivity contribution < 1.29 is 18.9 Å². The third-order valence-corrected chi connectivity index (χ3v) is 8.17. The lowest BCUT2D eigenvalue weighted by Crippen LogP contribution is -2.55. The molecule has 1 N–H and O–H groups in total. The molecule has 0 radical (unpaired) electrons. The summed E-state index contributed by atoms with van der Waals surface area (Å²) in [4.78, 5) is 10.2. The van der Waals surface area contributed by atoms with Gasteiger partial charge in [-0.15, -0.1) is 0 Å². The van der Waals surface area contributed by atoms with Crippen LogP contribution in [-0.4, -0.2) is 37.9 Å². The Morgan fingerprint density at radius 3 is 1.69 bits per heavy atom. The van der Waals surface area contributed by atoms with E-state index in [0.717, 1.165) is 0 Å². The summed E-state index contributed by atoms with van der Waals surface area (Å²) in [5.74, 6) is 0. The van der Waals surface area contributed by atoms with Crippen molar-refractivity contribution in [1.29, 1.82) is 0 Å². The van der Waals surface area contributed by atoms with Crippen LogP contribution in [0.25, 0.3) is 0 Å². The Kier molecular flexibility index (Phi) is 7.25. The van der Waals surface area contributed by atoms with Gasteiger partial charge in [-0.1, -0.05) is 19.6 Å². The summed E-state index contributed by atoms with van der Waals surface area (Å²) >= 11 is 0. The average Bonchev–Trinajstić information content (AvgIpc) is 2.15. The molecule has 6 heteroatoms. The molecule has 1 atom stereocenters. The van der Waals surface area contributed by atoms with E-state index in [1.807, 2.05) is 20.8 Å². The minimum atomic E-state index is -1.87. The molecule has 0 rings (SSSR count). The van der Waals surface area contributed by atoms with Gasteiger partial charge in [0, 0.05) is 13.2 Å². The molecule has 0 aliphatic rings. The van der Waals surface area contributed by atoms with E-state index in [4.69, 9.17) is 14.0 Å². The van der Waals surface area contributed by atoms with Gasteiger partial charge >= 0.3 is 0 Å². The molecular formula is C10H25O4PSi. The van der Waals surface area contributed by atoms with Crippen LogP contribution in [0.2, 0.25) is 19.6 Å². The smallest absolute Gasteiger partial charge is 0.227 e. The first-order valence-corrected chi connectivity index (χ1v) is 10.5. The Hall–Kier alpha value is 0.487. The zero-order chi connectivity index (χ0) is 12.8. The van der Waals surface area contributed by atoms with Crippen molar-refractivity contribution in [2.45, 2.75) is 45.6 Å². The molecule has 98 valence electrons. The first-order valence-electron chi connectivity index (χ1n) is 5.75. The fraction of sp³-hybridized carbons (Fsp3) is 1.00. The van der Waals surface area contributed by atoms with Crippen molar-refractivity contribution in [2.24, 2.45) is 0 Å². The van der Waals surface area contributed by atoms with E-state index in [1.54, 1.807) is 0 Å². The maximum Gasteiger partial charge on any atom is 0.227 e. The number of rotatable bonds is 8. The van der Waals surface area contributed by atoms with Crippen molar-refractivity contribution in [3.8, 4) is 0 Å². The van der Waals surface area contributed by atoms with Crippen LogP contribution >= 0.6 is 8.38 Å².